The molecule has 9 heteroatoms. The molecule has 1 atom stereocenters. The molecule has 2 heterocycles. The van der Waals surface area contributed by atoms with Crippen molar-refractivity contribution in [3.8, 4) is 5.75 Å². The number of sulfonamides is 1. The minimum Gasteiger partial charge on any atom is -0.495 e. The summed E-state index contributed by atoms with van der Waals surface area (Å²) >= 11 is 0. The molecule has 1 unspecified atom stereocenters. The number of morpholine rings is 1. The normalized spacial score (nSPS) is 21.2. The molecule has 1 N–H and O–H groups in total. The molecule has 150 valence electrons. The SMILES string of the molecule is COc1ccc(CC(=O)N(C)C2CCNC2)cc1S(=O)(=O)N1CCOCC1. The Hall–Kier alpha value is -1.68. The molecule has 0 aromatic heterocycles. The largest absolute Gasteiger partial charge is 0.495 e. The lowest BCUT2D eigenvalue weighted by Crippen LogP contribution is -2.41. The predicted molar refractivity (Wildman–Crippen MR) is 100 cm³/mol. The Labute approximate surface area is 160 Å². The molecule has 0 spiro atoms. The van der Waals surface area contributed by atoms with E-state index in [1.165, 1.54) is 11.4 Å². The van der Waals surface area contributed by atoms with E-state index in [1.807, 2.05) is 0 Å². The van der Waals surface area contributed by atoms with Gasteiger partial charge in [0.15, 0.2) is 0 Å². The molecule has 0 saturated carbocycles. The van der Waals surface area contributed by atoms with E-state index in [1.54, 1.807) is 30.1 Å². The van der Waals surface area contributed by atoms with Gasteiger partial charge in [-0.3, -0.25) is 4.79 Å². The standard InChI is InChI=1S/C18H27N3O5S/c1-20(15-5-6-19-13-15)18(22)12-14-3-4-16(25-2)17(11-14)27(23,24)21-7-9-26-10-8-21/h3-4,11,15,19H,5-10,12-13H2,1-2H3. The number of likely N-dealkylation sites (N-methyl/N-ethyl adjacent to an activating group) is 1. The molecular weight excluding hydrogens is 370 g/mol. The second-order valence-electron chi connectivity index (χ2n) is 6.83. The number of hydrogen-bond acceptors (Lipinski definition) is 6. The Morgan fingerprint density at radius 2 is 2.11 bits per heavy atom. The van der Waals surface area contributed by atoms with Crippen LogP contribution in [0, 0.1) is 0 Å². The van der Waals surface area contributed by atoms with Crippen LogP contribution < -0.4 is 10.1 Å². The molecule has 0 bridgehead atoms. The first kappa shape index (κ1) is 20.1. The summed E-state index contributed by atoms with van der Waals surface area (Å²) in [6.07, 6.45) is 1.09. The summed E-state index contributed by atoms with van der Waals surface area (Å²) < 4.78 is 38.0. The molecule has 2 saturated heterocycles. The molecular formula is C18H27N3O5S. The van der Waals surface area contributed by atoms with Crippen LogP contribution in [0.5, 0.6) is 5.75 Å². The quantitative estimate of drug-likeness (QED) is 0.731. The van der Waals surface area contributed by atoms with Gasteiger partial charge in [-0.25, -0.2) is 8.42 Å². The highest BCUT2D eigenvalue weighted by atomic mass is 32.2. The Morgan fingerprint density at radius 3 is 2.74 bits per heavy atom. The maximum Gasteiger partial charge on any atom is 0.246 e. The van der Waals surface area contributed by atoms with Crippen molar-refractivity contribution in [3.05, 3.63) is 23.8 Å². The van der Waals surface area contributed by atoms with Gasteiger partial charge in [0.05, 0.1) is 26.7 Å². The fourth-order valence-electron chi connectivity index (χ4n) is 3.43. The average molecular weight is 397 g/mol. The molecule has 2 aliphatic heterocycles. The lowest BCUT2D eigenvalue weighted by Gasteiger charge is -2.27. The lowest BCUT2D eigenvalue weighted by atomic mass is 10.1. The van der Waals surface area contributed by atoms with Gasteiger partial charge in [0.2, 0.25) is 15.9 Å². The molecule has 0 radical (unpaired) electrons. The van der Waals surface area contributed by atoms with Gasteiger partial charge in [0.1, 0.15) is 10.6 Å². The van der Waals surface area contributed by atoms with Gasteiger partial charge >= 0.3 is 0 Å². The van der Waals surface area contributed by atoms with Crippen molar-refractivity contribution in [1.29, 1.82) is 0 Å². The number of hydrogen-bond donors (Lipinski definition) is 1. The second kappa shape index (κ2) is 8.55. The zero-order chi connectivity index (χ0) is 19.4. The highest BCUT2D eigenvalue weighted by Gasteiger charge is 2.30. The summed E-state index contributed by atoms with van der Waals surface area (Å²) in [5.41, 5.74) is 0.658. The van der Waals surface area contributed by atoms with Gasteiger partial charge < -0.3 is 19.7 Å². The average Bonchev–Trinajstić information content (AvgIpc) is 3.22. The first-order valence-corrected chi connectivity index (χ1v) is 10.6. The van der Waals surface area contributed by atoms with Crippen LogP contribution >= 0.6 is 0 Å². The van der Waals surface area contributed by atoms with Crippen LogP contribution in [0.15, 0.2) is 23.1 Å². The van der Waals surface area contributed by atoms with Gasteiger partial charge in [-0.05, 0) is 30.7 Å². The number of benzene rings is 1. The smallest absolute Gasteiger partial charge is 0.246 e. The third-order valence-electron chi connectivity index (χ3n) is 5.15. The van der Waals surface area contributed by atoms with Crippen molar-refractivity contribution in [2.24, 2.45) is 0 Å². The van der Waals surface area contributed by atoms with E-state index in [2.05, 4.69) is 5.32 Å². The fourth-order valence-corrected chi connectivity index (χ4v) is 5.05. The molecule has 1 amide bonds. The Kier molecular flexibility index (Phi) is 6.36. The van der Waals surface area contributed by atoms with Crippen LogP contribution in [0.1, 0.15) is 12.0 Å². The van der Waals surface area contributed by atoms with Crippen LogP contribution in [0.25, 0.3) is 0 Å². The summed E-state index contributed by atoms with van der Waals surface area (Å²) in [7, 11) is -0.461. The van der Waals surface area contributed by atoms with Gasteiger partial charge in [0, 0.05) is 32.7 Å². The highest BCUT2D eigenvalue weighted by molar-refractivity contribution is 7.89. The zero-order valence-electron chi connectivity index (χ0n) is 15.8. The van der Waals surface area contributed by atoms with Crippen molar-refractivity contribution in [3.63, 3.8) is 0 Å². The number of ether oxygens (including phenoxy) is 2. The predicted octanol–water partition coefficient (Wildman–Crippen LogP) is 0.0789. The molecule has 2 aliphatic rings. The summed E-state index contributed by atoms with van der Waals surface area (Å²) in [6, 6.07) is 5.11. The van der Waals surface area contributed by atoms with E-state index in [0.29, 0.717) is 31.9 Å². The Morgan fingerprint density at radius 1 is 1.37 bits per heavy atom. The molecule has 8 nitrogen and oxygen atoms in total. The van der Waals surface area contributed by atoms with E-state index in [0.717, 1.165) is 19.5 Å². The summed E-state index contributed by atoms with van der Waals surface area (Å²) in [5, 5.41) is 3.25. The molecule has 0 aliphatic carbocycles. The third kappa shape index (κ3) is 4.43. The number of nitrogens with one attached hydrogen (secondary N) is 1. The van der Waals surface area contributed by atoms with Crippen LogP contribution in [0.4, 0.5) is 0 Å². The number of carbonyl (C=O) groups is 1. The van der Waals surface area contributed by atoms with Crippen molar-refractivity contribution in [2.45, 2.75) is 23.8 Å². The van der Waals surface area contributed by atoms with Crippen molar-refractivity contribution >= 4 is 15.9 Å². The Balaban J connectivity index is 1.81. The molecule has 27 heavy (non-hydrogen) atoms. The van der Waals surface area contributed by atoms with Crippen molar-refractivity contribution < 1.29 is 22.7 Å². The molecule has 2 fully saturated rings. The van der Waals surface area contributed by atoms with E-state index in [9.17, 15) is 13.2 Å². The van der Waals surface area contributed by atoms with Gasteiger partial charge in [-0.1, -0.05) is 6.07 Å². The minimum absolute atomic E-state index is 0.0245. The zero-order valence-corrected chi connectivity index (χ0v) is 16.6. The maximum atomic E-state index is 13.0. The number of amides is 1. The Bertz CT molecular complexity index is 771. The lowest BCUT2D eigenvalue weighted by molar-refractivity contribution is -0.130. The van der Waals surface area contributed by atoms with E-state index < -0.39 is 10.0 Å². The summed E-state index contributed by atoms with van der Waals surface area (Å²) in [5.74, 6) is 0.259. The first-order chi connectivity index (χ1) is 12.9. The molecule has 1 aromatic carbocycles. The number of carbonyl (C=O) groups excluding carboxylic acids is 1. The number of methoxy groups -OCH3 is 1. The van der Waals surface area contributed by atoms with E-state index >= 15 is 0 Å². The first-order valence-electron chi connectivity index (χ1n) is 9.14. The summed E-state index contributed by atoms with van der Waals surface area (Å²) in [6.45, 7) is 3.08. The fraction of sp³-hybridized carbons (Fsp3) is 0.611. The third-order valence-corrected chi connectivity index (χ3v) is 7.07. The van der Waals surface area contributed by atoms with E-state index in [-0.39, 0.29) is 29.0 Å². The van der Waals surface area contributed by atoms with Crippen LogP contribution in [0.2, 0.25) is 0 Å². The highest BCUT2D eigenvalue weighted by Crippen LogP contribution is 2.28. The number of nitrogens with zero attached hydrogens (tertiary/aromatic N) is 2. The summed E-state index contributed by atoms with van der Waals surface area (Å²) in [4.78, 5) is 14.5. The maximum absolute atomic E-state index is 13.0. The van der Waals surface area contributed by atoms with Gasteiger partial charge in [0.25, 0.3) is 0 Å². The van der Waals surface area contributed by atoms with Gasteiger partial charge in [-0.2, -0.15) is 4.31 Å². The molecule has 3 rings (SSSR count). The van der Waals surface area contributed by atoms with Crippen LogP contribution in [0.3, 0.4) is 0 Å². The van der Waals surface area contributed by atoms with Crippen LogP contribution in [-0.4, -0.2) is 83.1 Å². The van der Waals surface area contributed by atoms with Gasteiger partial charge in [-0.15, -0.1) is 0 Å². The number of rotatable bonds is 6. The van der Waals surface area contributed by atoms with Crippen molar-refractivity contribution in [1.82, 2.24) is 14.5 Å². The van der Waals surface area contributed by atoms with Crippen molar-refractivity contribution in [2.75, 3.05) is 53.6 Å². The second-order valence-corrected chi connectivity index (χ2v) is 8.74. The minimum atomic E-state index is -3.71. The van der Waals surface area contributed by atoms with Crippen LogP contribution in [-0.2, 0) is 26.0 Å². The topological polar surface area (TPSA) is 88.2 Å². The molecule has 1 aromatic rings. The monoisotopic (exact) mass is 397 g/mol. The van der Waals surface area contributed by atoms with E-state index in [4.69, 9.17) is 9.47 Å².